The molecular formula is C11H14N2O. The third-order valence-electron chi connectivity index (χ3n) is 2.63. The predicted octanol–water partition coefficient (Wildman–Crippen LogP) is 1.79. The van der Waals surface area contributed by atoms with Gasteiger partial charge in [-0.1, -0.05) is 13.8 Å². The van der Waals surface area contributed by atoms with Crippen molar-refractivity contribution >= 4 is 5.91 Å². The third kappa shape index (κ3) is 1.20. The van der Waals surface area contributed by atoms with E-state index < -0.39 is 0 Å². The van der Waals surface area contributed by atoms with E-state index in [0.717, 1.165) is 16.8 Å². The Labute approximate surface area is 83.8 Å². The zero-order chi connectivity index (χ0) is 10.3. The summed E-state index contributed by atoms with van der Waals surface area (Å²) < 4.78 is 0. The molecule has 1 aromatic heterocycles. The first kappa shape index (κ1) is 9.19. The second-order valence-corrected chi connectivity index (χ2v) is 4.04. The lowest BCUT2D eigenvalue weighted by Crippen LogP contribution is -2.18. The van der Waals surface area contributed by atoms with E-state index in [4.69, 9.17) is 0 Å². The number of pyridine rings is 1. The standard InChI is InChI=1S/C11H14N2O/c1-7(2)8-4-5-12-9-6-13(3)11(14)10(8)9/h4-5,7H,6H2,1-3H3. The van der Waals surface area contributed by atoms with E-state index in [1.54, 1.807) is 11.1 Å². The van der Waals surface area contributed by atoms with Crippen LogP contribution in [0.4, 0.5) is 0 Å². The molecule has 0 bridgehead atoms. The number of hydrogen-bond donors (Lipinski definition) is 0. The maximum atomic E-state index is 11.8. The molecule has 1 aliphatic rings. The van der Waals surface area contributed by atoms with Gasteiger partial charge in [-0.3, -0.25) is 9.78 Å². The normalized spacial score (nSPS) is 15.1. The molecule has 0 N–H and O–H groups in total. The number of nitrogens with zero attached hydrogens (tertiary/aromatic N) is 2. The van der Waals surface area contributed by atoms with E-state index in [1.165, 1.54) is 0 Å². The van der Waals surface area contributed by atoms with Crippen LogP contribution in [0.1, 0.15) is 41.4 Å². The number of fused-ring (bicyclic) bond motifs is 1. The van der Waals surface area contributed by atoms with Crippen LogP contribution in [-0.4, -0.2) is 22.8 Å². The lowest BCUT2D eigenvalue weighted by Gasteiger charge is -2.09. The Balaban J connectivity index is 2.58. The molecule has 3 heteroatoms. The molecule has 1 aromatic rings. The number of aromatic nitrogens is 1. The molecule has 1 aliphatic heterocycles. The first-order valence-corrected chi connectivity index (χ1v) is 4.84. The van der Waals surface area contributed by atoms with E-state index in [9.17, 15) is 4.79 Å². The molecule has 14 heavy (non-hydrogen) atoms. The molecule has 0 atom stereocenters. The summed E-state index contributed by atoms with van der Waals surface area (Å²) in [4.78, 5) is 17.8. The molecule has 3 nitrogen and oxygen atoms in total. The minimum Gasteiger partial charge on any atom is -0.336 e. The zero-order valence-electron chi connectivity index (χ0n) is 8.74. The van der Waals surface area contributed by atoms with Crippen molar-refractivity contribution in [3.8, 4) is 0 Å². The molecule has 0 unspecified atom stereocenters. The van der Waals surface area contributed by atoms with Crippen LogP contribution in [-0.2, 0) is 6.54 Å². The zero-order valence-corrected chi connectivity index (χ0v) is 8.74. The van der Waals surface area contributed by atoms with Crippen LogP contribution in [0, 0.1) is 0 Å². The van der Waals surface area contributed by atoms with Gasteiger partial charge in [0.05, 0.1) is 17.8 Å². The van der Waals surface area contributed by atoms with Gasteiger partial charge in [-0.25, -0.2) is 0 Å². The first-order chi connectivity index (χ1) is 6.61. The number of rotatable bonds is 1. The smallest absolute Gasteiger partial charge is 0.256 e. The predicted molar refractivity (Wildman–Crippen MR) is 54.1 cm³/mol. The summed E-state index contributed by atoms with van der Waals surface area (Å²) in [6.07, 6.45) is 1.79. The second kappa shape index (κ2) is 3.08. The molecule has 0 radical (unpaired) electrons. The average Bonchev–Trinajstić information content (AvgIpc) is 2.43. The Bertz CT molecular complexity index is 385. The fourth-order valence-electron chi connectivity index (χ4n) is 1.86. The molecular weight excluding hydrogens is 176 g/mol. The fraction of sp³-hybridized carbons (Fsp3) is 0.455. The molecule has 0 saturated heterocycles. The van der Waals surface area contributed by atoms with Gasteiger partial charge in [0.15, 0.2) is 0 Å². The van der Waals surface area contributed by atoms with Crippen molar-refractivity contribution < 1.29 is 4.79 Å². The quantitative estimate of drug-likeness (QED) is 0.676. The van der Waals surface area contributed by atoms with Gasteiger partial charge in [0, 0.05) is 13.2 Å². The first-order valence-electron chi connectivity index (χ1n) is 4.84. The molecule has 0 aliphatic carbocycles. The Kier molecular flexibility index (Phi) is 2.02. The van der Waals surface area contributed by atoms with Gasteiger partial charge in [-0.15, -0.1) is 0 Å². The molecule has 0 spiro atoms. The van der Waals surface area contributed by atoms with Crippen LogP contribution in [0.2, 0.25) is 0 Å². The summed E-state index contributed by atoms with van der Waals surface area (Å²) in [5, 5.41) is 0. The van der Waals surface area contributed by atoms with Gasteiger partial charge in [-0.05, 0) is 17.5 Å². The fourth-order valence-corrected chi connectivity index (χ4v) is 1.86. The highest BCUT2D eigenvalue weighted by Gasteiger charge is 2.28. The van der Waals surface area contributed by atoms with Gasteiger partial charge in [0.25, 0.3) is 5.91 Å². The van der Waals surface area contributed by atoms with Crippen molar-refractivity contribution in [3.05, 3.63) is 29.1 Å². The highest BCUT2D eigenvalue weighted by Crippen LogP contribution is 2.27. The molecule has 2 heterocycles. The van der Waals surface area contributed by atoms with Crippen LogP contribution in [0.25, 0.3) is 0 Å². The van der Waals surface area contributed by atoms with Crippen molar-refractivity contribution in [2.45, 2.75) is 26.3 Å². The van der Waals surface area contributed by atoms with Crippen molar-refractivity contribution in [2.75, 3.05) is 7.05 Å². The van der Waals surface area contributed by atoms with Crippen molar-refractivity contribution in [1.29, 1.82) is 0 Å². The van der Waals surface area contributed by atoms with Crippen LogP contribution < -0.4 is 0 Å². The van der Waals surface area contributed by atoms with Crippen molar-refractivity contribution in [2.24, 2.45) is 0 Å². The van der Waals surface area contributed by atoms with Crippen LogP contribution in [0.5, 0.6) is 0 Å². The third-order valence-corrected chi connectivity index (χ3v) is 2.63. The van der Waals surface area contributed by atoms with Crippen molar-refractivity contribution in [3.63, 3.8) is 0 Å². The second-order valence-electron chi connectivity index (χ2n) is 4.04. The Morgan fingerprint density at radius 3 is 2.86 bits per heavy atom. The Hall–Kier alpha value is -1.38. The van der Waals surface area contributed by atoms with Crippen molar-refractivity contribution in [1.82, 2.24) is 9.88 Å². The van der Waals surface area contributed by atoms with E-state index in [1.807, 2.05) is 13.1 Å². The van der Waals surface area contributed by atoms with E-state index in [-0.39, 0.29) is 5.91 Å². The summed E-state index contributed by atoms with van der Waals surface area (Å²) in [7, 11) is 1.81. The van der Waals surface area contributed by atoms with Gasteiger partial charge < -0.3 is 4.90 Å². The molecule has 0 saturated carbocycles. The number of carbonyl (C=O) groups is 1. The summed E-state index contributed by atoms with van der Waals surface area (Å²) in [6.45, 7) is 4.84. The summed E-state index contributed by atoms with van der Waals surface area (Å²) in [5.41, 5.74) is 2.86. The van der Waals surface area contributed by atoms with E-state index >= 15 is 0 Å². The van der Waals surface area contributed by atoms with Gasteiger partial charge in [0.1, 0.15) is 0 Å². The summed E-state index contributed by atoms with van der Waals surface area (Å²) >= 11 is 0. The average molecular weight is 190 g/mol. The monoisotopic (exact) mass is 190 g/mol. The van der Waals surface area contributed by atoms with Gasteiger partial charge in [-0.2, -0.15) is 0 Å². The number of amides is 1. The van der Waals surface area contributed by atoms with Crippen LogP contribution in [0.3, 0.4) is 0 Å². The van der Waals surface area contributed by atoms with Gasteiger partial charge in [0.2, 0.25) is 0 Å². The molecule has 1 amide bonds. The Morgan fingerprint density at radius 2 is 2.21 bits per heavy atom. The summed E-state index contributed by atoms with van der Waals surface area (Å²) in [5.74, 6) is 0.485. The van der Waals surface area contributed by atoms with E-state index in [2.05, 4.69) is 18.8 Å². The van der Waals surface area contributed by atoms with Crippen LogP contribution in [0.15, 0.2) is 12.3 Å². The maximum absolute atomic E-state index is 11.8. The molecule has 2 rings (SSSR count). The Morgan fingerprint density at radius 1 is 1.50 bits per heavy atom. The van der Waals surface area contributed by atoms with E-state index in [0.29, 0.717) is 12.5 Å². The highest BCUT2D eigenvalue weighted by atomic mass is 16.2. The lowest BCUT2D eigenvalue weighted by atomic mass is 9.98. The SMILES string of the molecule is CC(C)c1ccnc2c1C(=O)N(C)C2. The number of hydrogen-bond acceptors (Lipinski definition) is 2. The number of carbonyl (C=O) groups excluding carboxylic acids is 1. The molecule has 0 fully saturated rings. The van der Waals surface area contributed by atoms with Gasteiger partial charge >= 0.3 is 0 Å². The minimum absolute atomic E-state index is 0.108. The minimum atomic E-state index is 0.108. The lowest BCUT2D eigenvalue weighted by molar-refractivity contribution is 0.0815. The maximum Gasteiger partial charge on any atom is 0.256 e. The topological polar surface area (TPSA) is 33.2 Å². The largest absolute Gasteiger partial charge is 0.336 e. The molecule has 0 aromatic carbocycles. The van der Waals surface area contributed by atoms with Crippen LogP contribution >= 0.6 is 0 Å². The summed E-state index contributed by atoms with van der Waals surface area (Å²) in [6, 6.07) is 1.94. The highest BCUT2D eigenvalue weighted by molar-refractivity contribution is 5.99. The molecule has 74 valence electrons.